The first kappa shape index (κ1) is 19.9. The summed E-state index contributed by atoms with van der Waals surface area (Å²) >= 11 is 1.43. The molecule has 31 heavy (non-hydrogen) atoms. The van der Waals surface area contributed by atoms with Crippen molar-refractivity contribution >= 4 is 51.1 Å². The average Bonchev–Trinajstić information content (AvgIpc) is 3.08. The van der Waals surface area contributed by atoms with Gasteiger partial charge in [0.05, 0.1) is 10.6 Å². The Kier molecular flexibility index (Phi) is 5.51. The van der Waals surface area contributed by atoms with E-state index in [0.29, 0.717) is 10.1 Å². The van der Waals surface area contributed by atoms with Gasteiger partial charge in [0.25, 0.3) is 5.91 Å². The zero-order valence-electron chi connectivity index (χ0n) is 17.6. The van der Waals surface area contributed by atoms with Crippen LogP contribution in [0.5, 0.6) is 0 Å². The van der Waals surface area contributed by atoms with Gasteiger partial charge in [-0.3, -0.25) is 9.69 Å². The maximum atomic E-state index is 12.8. The Morgan fingerprint density at radius 2 is 1.65 bits per heavy atom. The number of hydrogen-bond acceptors (Lipinski definition) is 4. The van der Waals surface area contributed by atoms with Gasteiger partial charge in [-0.1, -0.05) is 42.5 Å². The van der Waals surface area contributed by atoms with Crippen molar-refractivity contribution < 1.29 is 4.79 Å². The number of amides is 1. The zero-order valence-corrected chi connectivity index (χ0v) is 18.4. The Balaban J connectivity index is 1.36. The van der Waals surface area contributed by atoms with Gasteiger partial charge in [-0.25, -0.2) is 4.99 Å². The predicted octanol–water partition coefficient (Wildman–Crippen LogP) is 6.06. The molecule has 0 atom stereocenters. The molecule has 5 heteroatoms. The highest BCUT2D eigenvalue weighted by molar-refractivity contribution is 8.18. The molecule has 2 aliphatic rings. The Morgan fingerprint density at radius 3 is 2.42 bits per heavy atom. The van der Waals surface area contributed by atoms with E-state index >= 15 is 0 Å². The lowest BCUT2D eigenvalue weighted by Crippen LogP contribution is -2.29. The highest BCUT2D eigenvalue weighted by atomic mass is 32.2. The van der Waals surface area contributed by atoms with Gasteiger partial charge in [-0.05, 0) is 77.7 Å². The van der Waals surface area contributed by atoms with Crippen molar-refractivity contribution in [2.24, 2.45) is 4.99 Å². The number of rotatable bonds is 3. The molecule has 0 N–H and O–H groups in total. The maximum absolute atomic E-state index is 12.8. The monoisotopic (exact) mass is 427 g/mol. The second-order valence-corrected chi connectivity index (χ2v) is 9.05. The van der Waals surface area contributed by atoms with Crippen molar-refractivity contribution in [2.45, 2.75) is 19.3 Å². The van der Waals surface area contributed by atoms with Crippen molar-refractivity contribution in [1.29, 1.82) is 0 Å². The van der Waals surface area contributed by atoms with Gasteiger partial charge in [0.15, 0.2) is 5.17 Å². The molecular formula is C26H25N3OS. The third-order valence-corrected chi connectivity index (χ3v) is 6.93. The molecule has 0 unspecified atom stereocenters. The first-order valence-corrected chi connectivity index (χ1v) is 11.6. The molecule has 2 fully saturated rings. The van der Waals surface area contributed by atoms with E-state index < -0.39 is 0 Å². The van der Waals surface area contributed by atoms with Gasteiger partial charge >= 0.3 is 0 Å². The van der Waals surface area contributed by atoms with Crippen molar-refractivity contribution in [2.75, 3.05) is 25.0 Å². The van der Waals surface area contributed by atoms with E-state index in [1.165, 1.54) is 42.1 Å². The van der Waals surface area contributed by atoms with Crippen LogP contribution in [0.4, 0.5) is 11.4 Å². The fraction of sp³-hybridized carbons (Fsp3) is 0.231. The second kappa shape index (κ2) is 8.60. The summed E-state index contributed by atoms with van der Waals surface area (Å²) in [6, 6.07) is 22.9. The molecular weight excluding hydrogens is 402 g/mol. The minimum absolute atomic E-state index is 0.00959. The van der Waals surface area contributed by atoms with Crippen LogP contribution in [-0.4, -0.2) is 36.1 Å². The van der Waals surface area contributed by atoms with Crippen molar-refractivity contribution in [3.63, 3.8) is 0 Å². The van der Waals surface area contributed by atoms with Crippen LogP contribution >= 0.6 is 11.8 Å². The number of anilines is 1. The third kappa shape index (κ3) is 4.23. The number of likely N-dealkylation sites (N-methyl/N-ethyl adjacent to an activating group) is 1. The molecule has 1 amide bonds. The van der Waals surface area contributed by atoms with E-state index in [2.05, 4.69) is 53.4 Å². The molecule has 5 rings (SSSR count). The lowest BCUT2D eigenvalue weighted by molar-refractivity contribution is -0.121. The summed E-state index contributed by atoms with van der Waals surface area (Å²) in [7, 11) is 1.79. The fourth-order valence-corrected chi connectivity index (χ4v) is 5.08. The minimum atomic E-state index is -0.00959. The van der Waals surface area contributed by atoms with E-state index in [9.17, 15) is 4.79 Å². The molecule has 3 aromatic carbocycles. The van der Waals surface area contributed by atoms with Crippen LogP contribution < -0.4 is 4.90 Å². The van der Waals surface area contributed by atoms with Gasteiger partial charge in [-0.15, -0.1) is 0 Å². The fourth-order valence-electron chi connectivity index (χ4n) is 4.09. The zero-order chi connectivity index (χ0) is 21.2. The lowest BCUT2D eigenvalue weighted by atomic mass is 10.1. The van der Waals surface area contributed by atoms with Crippen LogP contribution in [-0.2, 0) is 4.79 Å². The number of thioether (sulfide) groups is 1. The predicted molar refractivity (Wildman–Crippen MR) is 132 cm³/mol. The van der Waals surface area contributed by atoms with E-state index in [1.807, 2.05) is 24.3 Å². The number of fused-ring (bicyclic) bond motifs is 1. The van der Waals surface area contributed by atoms with Crippen molar-refractivity contribution in [1.82, 2.24) is 4.90 Å². The summed E-state index contributed by atoms with van der Waals surface area (Å²) in [6.07, 6.45) is 5.83. The third-order valence-electron chi connectivity index (χ3n) is 5.87. The summed E-state index contributed by atoms with van der Waals surface area (Å²) in [6.45, 7) is 2.27. The molecule has 0 bridgehead atoms. The number of hydrogen-bond donors (Lipinski definition) is 0. The smallest absolute Gasteiger partial charge is 0.266 e. The Hall–Kier alpha value is -3.05. The van der Waals surface area contributed by atoms with Crippen LogP contribution in [0.15, 0.2) is 76.6 Å². The number of nitrogens with zero attached hydrogens (tertiary/aromatic N) is 3. The molecule has 0 aliphatic carbocycles. The summed E-state index contributed by atoms with van der Waals surface area (Å²) < 4.78 is 0. The van der Waals surface area contributed by atoms with Gasteiger partial charge in [0.2, 0.25) is 0 Å². The maximum Gasteiger partial charge on any atom is 0.266 e. The van der Waals surface area contributed by atoms with Gasteiger partial charge in [-0.2, -0.15) is 0 Å². The highest BCUT2D eigenvalue weighted by Gasteiger charge is 2.30. The molecule has 3 aromatic rings. The number of benzene rings is 3. The van der Waals surface area contributed by atoms with Crippen LogP contribution in [0, 0.1) is 0 Å². The van der Waals surface area contributed by atoms with E-state index in [-0.39, 0.29) is 5.91 Å². The quantitative estimate of drug-likeness (QED) is 0.476. The van der Waals surface area contributed by atoms with Crippen molar-refractivity contribution in [3.8, 4) is 0 Å². The largest absolute Gasteiger partial charge is 0.372 e. The number of aliphatic imine (C=N–C) groups is 1. The van der Waals surface area contributed by atoms with E-state index in [0.717, 1.165) is 29.7 Å². The molecule has 0 saturated carbocycles. The molecule has 2 heterocycles. The SMILES string of the molecule is CN1C(=O)/C(=C/c2ccc(N3CCCCC3)cc2)SC1=Nc1ccc2ccccc2c1. The molecule has 0 aromatic heterocycles. The summed E-state index contributed by atoms with van der Waals surface area (Å²) in [5.74, 6) is -0.00959. The number of amidine groups is 1. The van der Waals surface area contributed by atoms with Gasteiger partial charge in [0, 0.05) is 25.8 Å². The normalized spacial score (nSPS) is 19.7. The van der Waals surface area contributed by atoms with E-state index in [4.69, 9.17) is 4.99 Å². The van der Waals surface area contributed by atoms with Gasteiger partial charge < -0.3 is 4.90 Å². The summed E-state index contributed by atoms with van der Waals surface area (Å²) in [5, 5.41) is 3.03. The molecule has 4 nitrogen and oxygen atoms in total. The van der Waals surface area contributed by atoms with Crippen LogP contribution in [0.25, 0.3) is 16.8 Å². The number of carbonyl (C=O) groups is 1. The Morgan fingerprint density at radius 1 is 0.903 bits per heavy atom. The van der Waals surface area contributed by atoms with E-state index in [1.54, 1.807) is 11.9 Å². The minimum Gasteiger partial charge on any atom is -0.372 e. The molecule has 2 aliphatic heterocycles. The topological polar surface area (TPSA) is 35.9 Å². The lowest BCUT2D eigenvalue weighted by Gasteiger charge is -2.28. The van der Waals surface area contributed by atoms with Crippen LogP contribution in [0.1, 0.15) is 24.8 Å². The molecule has 0 radical (unpaired) electrons. The van der Waals surface area contributed by atoms with Crippen LogP contribution in [0.2, 0.25) is 0 Å². The van der Waals surface area contributed by atoms with Gasteiger partial charge in [0.1, 0.15) is 0 Å². The average molecular weight is 428 g/mol. The summed E-state index contributed by atoms with van der Waals surface area (Å²) in [4.78, 5) is 22.3. The Bertz CT molecular complexity index is 1180. The second-order valence-electron chi connectivity index (χ2n) is 8.04. The highest BCUT2D eigenvalue weighted by Crippen LogP contribution is 2.34. The van der Waals surface area contributed by atoms with Crippen molar-refractivity contribution in [3.05, 3.63) is 77.2 Å². The Labute approximate surface area is 187 Å². The molecule has 156 valence electrons. The standard InChI is InChI=1S/C26H25N3OS/c1-28-25(30)24(17-19-9-13-23(14-10-19)29-15-5-2-6-16-29)31-26(28)27-22-12-11-20-7-3-4-8-21(20)18-22/h3-4,7-14,17-18H,2,5-6,15-16H2,1H3/b24-17-,27-26?. The van der Waals surface area contributed by atoms with Crippen LogP contribution in [0.3, 0.4) is 0 Å². The molecule has 0 spiro atoms. The first-order chi connectivity index (χ1) is 15.2. The number of carbonyl (C=O) groups excluding carboxylic acids is 1. The first-order valence-electron chi connectivity index (χ1n) is 10.8. The summed E-state index contributed by atoms with van der Waals surface area (Å²) in [5.41, 5.74) is 3.16. The number of piperidine rings is 1. The molecule has 2 saturated heterocycles.